The molecule has 2 aromatic carbocycles. The molecule has 6 nitrogen and oxygen atoms in total. The number of rotatable bonds is 4. The van der Waals surface area contributed by atoms with Crippen molar-refractivity contribution in [1.29, 1.82) is 0 Å². The summed E-state index contributed by atoms with van der Waals surface area (Å²) in [6, 6.07) is 22.1. The van der Waals surface area contributed by atoms with E-state index in [2.05, 4.69) is 39.5 Å². The van der Waals surface area contributed by atoms with Crippen molar-refractivity contribution in [3.05, 3.63) is 94.5 Å². The monoisotopic (exact) mass is 464 g/mol. The standard InChI is InChI=1S/C29H28N4O2/c1-19(34)31-25-8-6-22(7-9-25)26-10-11-28-24-13-21(17-33(28)29(26)35)16-32(18-24)15-20-12-23-4-2-3-5-27(23)30-14-20/h2-12,14,21,24H,13,15-18H2,1H3,(H,31,34). The van der Waals surface area contributed by atoms with E-state index in [1.54, 1.807) is 0 Å². The predicted molar refractivity (Wildman–Crippen MR) is 138 cm³/mol. The second kappa shape index (κ2) is 8.78. The van der Waals surface area contributed by atoms with Crippen molar-refractivity contribution < 1.29 is 4.79 Å². The van der Waals surface area contributed by atoms with E-state index in [1.807, 2.05) is 53.2 Å². The van der Waals surface area contributed by atoms with E-state index < -0.39 is 0 Å². The molecular weight excluding hydrogens is 436 g/mol. The zero-order chi connectivity index (χ0) is 23.9. The lowest BCUT2D eigenvalue weighted by Crippen LogP contribution is -2.46. The molecule has 1 fully saturated rings. The number of hydrogen-bond donors (Lipinski definition) is 1. The zero-order valence-electron chi connectivity index (χ0n) is 19.8. The Bertz CT molecular complexity index is 1470. The molecule has 35 heavy (non-hydrogen) atoms. The Morgan fingerprint density at radius 3 is 2.69 bits per heavy atom. The molecular formula is C29H28N4O2. The highest BCUT2D eigenvalue weighted by molar-refractivity contribution is 5.89. The van der Waals surface area contributed by atoms with Crippen LogP contribution < -0.4 is 10.9 Å². The molecule has 4 heterocycles. The Hall–Kier alpha value is -3.77. The van der Waals surface area contributed by atoms with Gasteiger partial charge in [0.05, 0.1) is 5.52 Å². The fourth-order valence-electron chi connectivity index (χ4n) is 5.79. The van der Waals surface area contributed by atoms with Crippen LogP contribution in [0.2, 0.25) is 0 Å². The van der Waals surface area contributed by atoms with E-state index in [1.165, 1.54) is 17.9 Å². The molecule has 2 aromatic heterocycles. The summed E-state index contributed by atoms with van der Waals surface area (Å²) < 4.78 is 2.00. The van der Waals surface area contributed by atoms with Gasteiger partial charge < -0.3 is 9.88 Å². The number of carbonyl (C=O) groups is 1. The summed E-state index contributed by atoms with van der Waals surface area (Å²) in [5.41, 5.74) is 5.81. The van der Waals surface area contributed by atoms with Crippen molar-refractivity contribution >= 4 is 22.5 Å². The molecule has 6 heteroatoms. The molecule has 176 valence electrons. The van der Waals surface area contributed by atoms with Gasteiger partial charge in [0.1, 0.15) is 0 Å². The highest BCUT2D eigenvalue weighted by Gasteiger charge is 2.35. The van der Waals surface area contributed by atoms with Crippen LogP contribution in [0.4, 0.5) is 5.69 Å². The summed E-state index contributed by atoms with van der Waals surface area (Å²) in [7, 11) is 0. The number of nitrogens with one attached hydrogen (secondary N) is 1. The Labute approximate surface area is 204 Å². The summed E-state index contributed by atoms with van der Waals surface area (Å²) in [5.74, 6) is 0.716. The number of nitrogens with zero attached hydrogens (tertiary/aromatic N) is 3. The maximum atomic E-state index is 13.5. The zero-order valence-corrected chi connectivity index (χ0v) is 19.8. The van der Waals surface area contributed by atoms with Crippen LogP contribution in [0.3, 0.4) is 0 Å². The van der Waals surface area contributed by atoms with E-state index in [0.717, 1.165) is 55.1 Å². The molecule has 2 aliphatic heterocycles. The Morgan fingerprint density at radius 1 is 1.03 bits per heavy atom. The molecule has 6 rings (SSSR count). The summed E-state index contributed by atoms with van der Waals surface area (Å²) >= 11 is 0. The lowest BCUT2D eigenvalue weighted by Gasteiger charge is -2.43. The van der Waals surface area contributed by atoms with Gasteiger partial charge in [-0.05, 0) is 59.9 Å². The van der Waals surface area contributed by atoms with Crippen LogP contribution in [0.15, 0.2) is 77.7 Å². The Morgan fingerprint density at radius 2 is 1.86 bits per heavy atom. The summed E-state index contributed by atoms with van der Waals surface area (Å²) in [6.07, 6.45) is 3.13. The fraction of sp³-hybridized carbons (Fsp3) is 0.276. The second-order valence-corrected chi connectivity index (χ2v) is 9.88. The molecule has 2 unspecified atom stereocenters. The molecule has 0 radical (unpaired) electrons. The van der Waals surface area contributed by atoms with Gasteiger partial charge in [0.2, 0.25) is 5.91 Å². The second-order valence-electron chi connectivity index (χ2n) is 9.88. The highest BCUT2D eigenvalue weighted by Crippen LogP contribution is 2.36. The number of fused-ring (bicyclic) bond motifs is 5. The Balaban J connectivity index is 1.23. The van der Waals surface area contributed by atoms with Crippen LogP contribution in [0.5, 0.6) is 0 Å². The maximum absolute atomic E-state index is 13.5. The van der Waals surface area contributed by atoms with Gasteiger partial charge in [0, 0.05) is 67.5 Å². The first-order chi connectivity index (χ1) is 17.0. The van der Waals surface area contributed by atoms with Crippen molar-refractivity contribution in [2.45, 2.75) is 32.4 Å². The molecule has 0 aliphatic carbocycles. The Kier molecular flexibility index (Phi) is 5.46. The minimum absolute atomic E-state index is 0.0802. The summed E-state index contributed by atoms with van der Waals surface area (Å²) in [6.45, 7) is 5.07. The van der Waals surface area contributed by atoms with Gasteiger partial charge in [-0.2, -0.15) is 0 Å². The number of benzene rings is 2. The SMILES string of the molecule is CC(=O)Nc1ccc(-c2ccc3n(c2=O)CC2CC3CN(Cc3cnc4ccccc4c3)C2)cc1. The van der Waals surface area contributed by atoms with Crippen molar-refractivity contribution in [1.82, 2.24) is 14.5 Å². The van der Waals surface area contributed by atoms with Crippen LogP contribution in [-0.2, 0) is 17.9 Å². The van der Waals surface area contributed by atoms with Gasteiger partial charge in [-0.25, -0.2) is 0 Å². The molecule has 0 saturated carbocycles. The molecule has 2 atom stereocenters. The number of carbonyl (C=O) groups excluding carboxylic acids is 1. The average molecular weight is 465 g/mol. The van der Waals surface area contributed by atoms with E-state index in [-0.39, 0.29) is 11.5 Å². The number of aromatic nitrogens is 2. The number of pyridine rings is 2. The van der Waals surface area contributed by atoms with Gasteiger partial charge >= 0.3 is 0 Å². The molecule has 0 spiro atoms. The summed E-state index contributed by atoms with van der Waals surface area (Å²) in [5, 5.41) is 3.95. The van der Waals surface area contributed by atoms with E-state index in [4.69, 9.17) is 0 Å². The van der Waals surface area contributed by atoms with Crippen LogP contribution in [-0.4, -0.2) is 33.4 Å². The van der Waals surface area contributed by atoms with E-state index >= 15 is 0 Å². The molecule has 4 aromatic rings. The maximum Gasteiger partial charge on any atom is 0.258 e. The van der Waals surface area contributed by atoms with Crippen LogP contribution in [0.1, 0.15) is 30.5 Å². The van der Waals surface area contributed by atoms with Gasteiger partial charge in [-0.15, -0.1) is 0 Å². The number of para-hydroxylation sites is 1. The molecule has 2 bridgehead atoms. The van der Waals surface area contributed by atoms with Crippen molar-refractivity contribution in [3.8, 4) is 11.1 Å². The van der Waals surface area contributed by atoms with Gasteiger partial charge in [0.25, 0.3) is 5.56 Å². The number of hydrogen-bond acceptors (Lipinski definition) is 4. The molecule has 2 aliphatic rings. The third-order valence-corrected chi connectivity index (χ3v) is 7.25. The lowest BCUT2D eigenvalue weighted by molar-refractivity contribution is -0.114. The third kappa shape index (κ3) is 4.26. The first-order valence-electron chi connectivity index (χ1n) is 12.2. The summed E-state index contributed by atoms with van der Waals surface area (Å²) in [4.78, 5) is 31.9. The van der Waals surface area contributed by atoms with Crippen molar-refractivity contribution in [2.75, 3.05) is 18.4 Å². The normalized spacial score (nSPS) is 19.3. The molecule has 1 N–H and O–H groups in total. The number of anilines is 1. The predicted octanol–water partition coefficient (Wildman–Crippen LogP) is 4.64. The van der Waals surface area contributed by atoms with Crippen molar-refractivity contribution in [2.24, 2.45) is 5.92 Å². The largest absolute Gasteiger partial charge is 0.326 e. The minimum Gasteiger partial charge on any atom is -0.326 e. The first kappa shape index (κ1) is 21.7. The highest BCUT2D eigenvalue weighted by atomic mass is 16.1. The molecule has 1 saturated heterocycles. The van der Waals surface area contributed by atoms with E-state index in [9.17, 15) is 9.59 Å². The van der Waals surface area contributed by atoms with Crippen molar-refractivity contribution in [3.63, 3.8) is 0 Å². The first-order valence-corrected chi connectivity index (χ1v) is 12.2. The van der Waals surface area contributed by atoms with Gasteiger partial charge in [-0.3, -0.25) is 19.5 Å². The smallest absolute Gasteiger partial charge is 0.258 e. The van der Waals surface area contributed by atoms with Crippen LogP contribution in [0.25, 0.3) is 22.0 Å². The average Bonchev–Trinajstić information content (AvgIpc) is 2.85. The van der Waals surface area contributed by atoms with E-state index in [0.29, 0.717) is 17.4 Å². The van der Waals surface area contributed by atoms with Gasteiger partial charge in [-0.1, -0.05) is 30.3 Å². The van der Waals surface area contributed by atoms with Crippen LogP contribution >= 0.6 is 0 Å². The lowest BCUT2D eigenvalue weighted by atomic mass is 9.82. The number of likely N-dealkylation sites (tertiary alicyclic amines) is 1. The quantitative estimate of drug-likeness (QED) is 0.478. The number of amides is 1. The minimum atomic E-state index is -0.107. The van der Waals surface area contributed by atoms with Gasteiger partial charge in [0.15, 0.2) is 0 Å². The third-order valence-electron chi connectivity index (χ3n) is 7.25. The van der Waals surface area contributed by atoms with Crippen LogP contribution in [0, 0.1) is 5.92 Å². The fourth-order valence-corrected chi connectivity index (χ4v) is 5.79. The topological polar surface area (TPSA) is 67.2 Å². The molecule has 1 amide bonds. The number of piperidine rings is 1.